The van der Waals surface area contributed by atoms with Crippen molar-refractivity contribution in [3.63, 3.8) is 0 Å². The maximum absolute atomic E-state index is 11.3. The number of carboxylic acids is 1. The number of ether oxygens (including phenoxy) is 1. The van der Waals surface area contributed by atoms with Gasteiger partial charge in [0.15, 0.2) is 5.78 Å². The van der Waals surface area contributed by atoms with Crippen molar-refractivity contribution < 1.29 is 19.4 Å². The van der Waals surface area contributed by atoms with Crippen LogP contribution < -0.4 is 4.74 Å². The van der Waals surface area contributed by atoms with Crippen molar-refractivity contribution in [1.29, 1.82) is 0 Å². The van der Waals surface area contributed by atoms with E-state index in [1.165, 1.54) is 6.92 Å². The fourth-order valence-electron chi connectivity index (χ4n) is 1.84. The van der Waals surface area contributed by atoms with Crippen LogP contribution in [0.25, 0.3) is 0 Å². The molecule has 1 unspecified atom stereocenters. The highest BCUT2D eigenvalue weighted by molar-refractivity contribution is 7.99. The summed E-state index contributed by atoms with van der Waals surface area (Å²) in [6, 6.07) is 6.66. The molecule has 1 fully saturated rings. The normalized spacial score (nSPS) is 22.7. The largest absolute Gasteiger partial charge is 0.478 e. The molecule has 5 heteroatoms. The van der Waals surface area contributed by atoms with Gasteiger partial charge in [0.1, 0.15) is 5.75 Å². The van der Waals surface area contributed by atoms with Crippen molar-refractivity contribution in [2.24, 2.45) is 0 Å². The van der Waals surface area contributed by atoms with Crippen molar-refractivity contribution >= 4 is 23.5 Å². The molecule has 0 aromatic heterocycles. The van der Waals surface area contributed by atoms with E-state index in [1.54, 1.807) is 36.0 Å². The van der Waals surface area contributed by atoms with Crippen LogP contribution in [-0.4, -0.2) is 34.0 Å². The molecule has 4 nitrogen and oxygen atoms in total. The number of aliphatic carboxylic acids is 1. The SMILES string of the molecule is CC(=O)c1cccc(OC2(C(=O)O)CCSC2)c1. The summed E-state index contributed by atoms with van der Waals surface area (Å²) in [5.41, 5.74) is -0.626. The van der Waals surface area contributed by atoms with E-state index in [0.29, 0.717) is 23.5 Å². The van der Waals surface area contributed by atoms with E-state index in [2.05, 4.69) is 0 Å². The van der Waals surface area contributed by atoms with E-state index in [-0.39, 0.29) is 5.78 Å². The zero-order chi connectivity index (χ0) is 13.2. The van der Waals surface area contributed by atoms with E-state index < -0.39 is 11.6 Å². The lowest BCUT2D eigenvalue weighted by molar-refractivity contribution is -0.152. The molecule has 1 saturated heterocycles. The van der Waals surface area contributed by atoms with Crippen LogP contribution in [0.4, 0.5) is 0 Å². The first-order chi connectivity index (χ1) is 8.53. The molecule has 0 aliphatic carbocycles. The second-order valence-electron chi connectivity index (χ2n) is 4.29. The second-order valence-corrected chi connectivity index (χ2v) is 5.39. The van der Waals surface area contributed by atoms with E-state index >= 15 is 0 Å². The fraction of sp³-hybridized carbons (Fsp3) is 0.385. The van der Waals surface area contributed by atoms with Crippen LogP contribution in [0.15, 0.2) is 24.3 Å². The molecule has 0 saturated carbocycles. The number of carbonyl (C=O) groups is 2. The third-order valence-corrected chi connectivity index (χ3v) is 4.09. The first-order valence-corrected chi connectivity index (χ1v) is 6.80. The summed E-state index contributed by atoms with van der Waals surface area (Å²) in [7, 11) is 0. The van der Waals surface area contributed by atoms with Gasteiger partial charge in [-0.25, -0.2) is 4.79 Å². The Morgan fingerprint density at radius 1 is 1.44 bits per heavy atom. The second kappa shape index (κ2) is 5.02. The van der Waals surface area contributed by atoms with Gasteiger partial charge in [0, 0.05) is 17.7 Å². The standard InChI is InChI=1S/C13H14O4S/c1-9(14)10-3-2-4-11(7-10)17-13(12(15)16)5-6-18-8-13/h2-4,7H,5-6,8H2,1H3,(H,15,16). The number of ketones is 1. The number of Topliss-reactive ketones (excluding diaryl/α,β-unsaturated/α-hetero) is 1. The summed E-state index contributed by atoms with van der Waals surface area (Å²) in [5, 5.41) is 9.30. The van der Waals surface area contributed by atoms with Gasteiger partial charge in [0.05, 0.1) is 0 Å². The van der Waals surface area contributed by atoms with Crippen molar-refractivity contribution in [3.05, 3.63) is 29.8 Å². The molecule has 0 bridgehead atoms. The molecule has 1 heterocycles. The highest BCUT2D eigenvalue weighted by Crippen LogP contribution is 2.33. The molecule has 2 rings (SSSR count). The summed E-state index contributed by atoms with van der Waals surface area (Å²) in [6.45, 7) is 1.47. The lowest BCUT2D eigenvalue weighted by atomic mass is 10.0. The zero-order valence-electron chi connectivity index (χ0n) is 10.0. The average molecular weight is 266 g/mol. The monoisotopic (exact) mass is 266 g/mol. The fourth-order valence-corrected chi connectivity index (χ4v) is 3.12. The molecule has 1 atom stereocenters. The van der Waals surface area contributed by atoms with E-state index in [1.807, 2.05) is 0 Å². The van der Waals surface area contributed by atoms with Crippen molar-refractivity contribution in [3.8, 4) is 5.75 Å². The number of carboxylic acid groups (broad SMARTS) is 1. The molecule has 1 N–H and O–H groups in total. The molecule has 1 aromatic rings. The first-order valence-electron chi connectivity index (χ1n) is 5.65. The Morgan fingerprint density at radius 2 is 2.22 bits per heavy atom. The Hall–Kier alpha value is -1.49. The third-order valence-electron chi connectivity index (χ3n) is 2.93. The summed E-state index contributed by atoms with van der Waals surface area (Å²) >= 11 is 1.57. The van der Waals surface area contributed by atoms with Crippen LogP contribution in [0, 0.1) is 0 Å². The molecular weight excluding hydrogens is 252 g/mol. The molecule has 1 aliphatic heterocycles. The predicted octanol–water partition coefficient (Wildman–Crippen LogP) is 2.23. The lowest BCUT2D eigenvalue weighted by Crippen LogP contribution is -2.44. The average Bonchev–Trinajstić information content (AvgIpc) is 2.79. The Morgan fingerprint density at radius 3 is 2.78 bits per heavy atom. The summed E-state index contributed by atoms with van der Waals surface area (Å²) in [5.74, 6) is 0.643. The van der Waals surface area contributed by atoms with Crippen molar-refractivity contribution in [2.45, 2.75) is 18.9 Å². The first kappa shape index (κ1) is 13.0. The number of thioether (sulfide) groups is 1. The minimum Gasteiger partial charge on any atom is -0.478 e. The van der Waals surface area contributed by atoms with Gasteiger partial charge in [-0.1, -0.05) is 12.1 Å². The van der Waals surface area contributed by atoms with Crippen molar-refractivity contribution in [1.82, 2.24) is 0 Å². The molecule has 18 heavy (non-hydrogen) atoms. The van der Waals surface area contributed by atoms with E-state index in [0.717, 1.165) is 5.75 Å². The number of hydrogen-bond donors (Lipinski definition) is 1. The molecule has 0 spiro atoms. The van der Waals surface area contributed by atoms with Crippen LogP contribution in [0.2, 0.25) is 0 Å². The van der Waals surface area contributed by atoms with Crippen LogP contribution in [-0.2, 0) is 4.79 Å². The maximum Gasteiger partial charge on any atom is 0.348 e. The predicted molar refractivity (Wildman–Crippen MR) is 69.4 cm³/mol. The summed E-state index contributed by atoms with van der Waals surface area (Å²) in [6.07, 6.45) is 0.483. The van der Waals surface area contributed by atoms with Crippen molar-refractivity contribution in [2.75, 3.05) is 11.5 Å². The maximum atomic E-state index is 11.3. The van der Waals surface area contributed by atoms with Gasteiger partial charge >= 0.3 is 5.97 Å². The van der Waals surface area contributed by atoms with Gasteiger partial charge in [-0.15, -0.1) is 0 Å². The third kappa shape index (κ3) is 2.51. The number of carbonyl (C=O) groups excluding carboxylic acids is 1. The van der Waals surface area contributed by atoms with Gasteiger partial charge < -0.3 is 9.84 Å². The summed E-state index contributed by atoms with van der Waals surface area (Å²) in [4.78, 5) is 22.6. The quantitative estimate of drug-likeness (QED) is 0.847. The molecule has 0 amide bonds. The van der Waals surface area contributed by atoms with E-state index in [9.17, 15) is 14.7 Å². The van der Waals surface area contributed by atoms with Gasteiger partial charge in [-0.3, -0.25) is 4.79 Å². The number of hydrogen-bond acceptors (Lipinski definition) is 4. The highest BCUT2D eigenvalue weighted by atomic mass is 32.2. The Labute approximate surface area is 109 Å². The highest BCUT2D eigenvalue weighted by Gasteiger charge is 2.44. The minimum atomic E-state index is -1.15. The lowest BCUT2D eigenvalue weighted by Gasteiger charge is -2.24. The molecule has 0 radical (unpaired) electrons. The molecule has 96 valence electrons. The smallest absolute Gasteiger partial charge is 0.348 e. The summed E-state index contributed by atoms with van der Waals surface area (Å²) < 4.78 is 5.64. The Balaban J connectivity index is 2.24. The zero-order valence-corrected chi connectivity index (χ0v) is 10.8. The Bertz CT molecular complexity index is 478. The van der Waals surface area contributed by atoms with E-state index in [4.69, 9.17) is 4.74 Å². The molecular formula is C13H14O4S. The van der Waals surface area contributed by atoms with Gasteiger partial charge in [0.2, 0.25) is 5.60 Å². The Kier molecular flexibility index (Phi) is 3.61. The van der Waals surface area contributed by atoms with Crippen LogP contribution in [0.5, 0.6) is 5.75 Å². The van der Waals surface area contributed by atoms with Crippen LogP contribution in [0.3, 0.4) is 0 Å². The minimum absolute atomic E-state index is 0.0642. The molecule has 1 aromatic carbocycles. The number of benzene rings is 1. The van der Waals surface area contributed by atoms with Gasteiger partial charge in [-0.2, -0.15) is 11.8 Å². The number of rotatable bonds is 4. The van der Waals surface area contributed by atoms with Crippen LogP contribution in [0.1, 0.15) is 23.7 Å². The van der Waals surface area contributed by atoms with Gasteiger partial charge in [0.25, 0.3) is 0 Å². The van der Waals surface area contributed by atoms with Crippen LogP contribution >= 0.6 is 11.8 Å². The molecule has 1 aliphatic rings. The topological polar surface area (TPSA) is 63.6 Å². The van der Waals surface area contributed by atoms with Gasteiger partial charge in [-0.05, 0) is 24.8 Å².